The van der Waals surface area contributed by atoms with Gasteiger partial charge in [0.2, 0.25) is 10.0 Å². The number of sulfonamides is 1. The van der Waals surface area contributed by atoms with Crippen LogP contribution in [0.25, 0.3) is 0 Å². The van der Waals surface area contributed by atoms with E-state index in [-0.39, 0.29) is 0 Å². The first-order valence-corrected chi connectivity index (χ1v) is 9.38. The van der Waals surface area contributed by atoms with Crippen molar-refractivity contribution in [1.82, 2.24) is 9.62 Å². The van der Waals surface area contributed by atoms with Crippen molar-refractivity contribution in [1.29, 1.82) is 0 Å². The van der Waals surface area contributed by atoms with E-state index in [1.807, 2.05) is 33.8 Å². The molecule has 0 atom stereocenters. The molecule has 1 aromatic carbocycles. The molecule has 1 N–H and O–H groups in total. The summed E-state index contributed by atoms with van der Waals surface area (Å²) < 4.78 is 27.8. The number of nitrogens with one attached hydrogen (secondary N) is 1. The lowest BCUT2D eigenvalue weighted by Crippen LogP contribution is -2.44. The second kappa shape index (κ2) is 7.22. The van der Waals surface area contributed by atoms with Crippen molar-refractivity contribution in [2.75, 3.05) is 13.6 Å². The van der Waals surface area contributed by atoms with Gasteiger partial charge in [0.25, 0.3) is 0 Å². The molecule has 0 aliphatic carbocycles. The molecule has 0 amide bonds. The molecule has 0 bridgehead atoms. The average Bonchev–Trinajstić information content (AvgIpc) is 2.45. The van der Waals surface area contributed by atoms with Gasteiger partial charge in [0.05, 0.1) is 4.90 Å². The van der Waals surface area contributed by atoms with Gasteiger partial charge in [-0.25, -0.2) is 8.42 Å². The molecule has 0 spiro atoms. The van der Waals surface area contributed by atoms with Gasteiger partial charge >= 0.3 is 0 Å². The molecule has 0 saturated carbocycles. The smallest absolute Gasteiger partial charge is 0.244 e. The second-order valence-corrected chi connectivity index (χ2v) is 8.48. The highest BCUT2D eigenvalue weighted by molar-refractivity contribution is 9.10. The Balaban J connectivity index is 3.24. The first kappa shape index (κ1) is 18.6. The molecule has 4 nitrogen and oxygen atoms in total. The molecular weight excluding hydrogens is 352 g/mol. The first-order chi connectivity index (χ1) is 9.66. The summed E-state index contributed by atoms with van der Waals surface area (Å²) >= 11 is 3.37. The van der Waals surface area contributed by atoms with Crippen LogP contribution in [0, 0.1) is 0 Å². The summed E-state index contributed by atoms with van der Waals surface area (Å²) in [5, 5.41) is 3.21. The van der Waals surface area contributed by atoms with E-state index >= 15 is 0 Å². The summed E-state index contributed by atoms with van der Waals surface area (Å²) in [7, 11) is -1.89. The predicted octanol–water partition coefficient (Wildman–Crippen LogP) is 3.37. The van der Waals surface area contributed by atoms with Crippen LogP contribution in [0.4, 0.5) is 0 Å². The van der Waals surface area contributed by atoms with Crippen LogP contribution in [0.5, 0.6) is 0 Å². The fourth-order valence-electron chi connectivity index (χ4n) is 1.82. The molecule has 0 unspecified atom stereocenters. The number of rotatable bonds is 7. The minimum atomic E-state index is -3.53. The Labute approximate surface area is 137 Å². The van der Waals surface area contributed by atoms with Crippen molar-refractivity contribution in [3.63, 3.8) is 0 Å². The van der Waals surface area contributed by atoms with Crippen LogP contribution in [-0.2, 0) is 16.6 Å². The molecule has 0 heterocycles. The third kappa shape index (κ3) is 4.28. The SMILES string of the molecule is CCNCc1ccc(Br)c(S(=O)(=O)N(C)C(C)(C)CC)c1. The van der Waals surface area contributed by atoms with Crippen molar-refractivity contribution in [3.05, 3.63) is 28.2 Å². The number of hydrogen-bond donors (Lipinski definition) is 1. The van der Waals surface area contributed by atoms with E-state index in [1.54, 1.807) is 19.2 Å². The van der Waals surface area contributed by atoms with Crippen molar-refractivity contribution < 1.29 is 8.42 Å². The Bertz CT molecular complexity index is 585. The van der Waals surface area contributed by atoms with E-state index in [0.717, 1.165) is 18.5 Å². The van der Waals surface area contributed by atoms with E-state index in [1.165, 1.54) is 4.31 Å². The van der Waals surface area contributed by atoms with Crippen LogP contribution in [0.15, 0.2) is 27.6 Å². The van der Waals surface area contributed by atoms with Gasteiger partial charge in [-0.05, 0) is 60.4 Å². The molecule has 1 aromatic rings. The standard InChI is InChI=1S/C15H25BrN2O2S/c1-6-15(3,4)18(5)21(19,20)14-10-12(11-17-7-2)8-9-13(14)16/h8-10,17H,6-7,11H2,1-5H3. The zero-order valence-electron chi connectivity index (χ0n) is 13.4. The van der Waals surface area contributed by atoms with Gasteiger partial charge < -0.3 is 5.32 Å². The Hall–Kier alpha value is -0.430. The largest absolute Gasteiger partial charge is 0.313 e. The predicted molar refractivity (Wildman–Crippen MR) is 90.8 cm³/mol. The van der Waals surface area contributed by atoms with Crippen LogP contribution in [-0.4, -0.2) is 31.9 Å². The van der Waals surface area contributed by atoms with Gasteiger partial charge in [0, 0.05) is 23.6 Å². The normalized spacial score (nSPS) is 12.9. The third-order valence-corrected chi connectivity index (χ3v) is 6.99. The zero-order chi connectivity index (χ0) is 16.3. The van der Waals surface area contributed by atoms with Crippen LogP contribution < -0.4 is 5.32 Å². The van der Waals surface area contributed by atoms with Crippen LogP contribution in [0.2, 0.25) is 0 Å². The van der Waals surface area contributed by atoms with Gasteiger partial charge in [-0.15, -0.1) is 0 Å². The van der Waals surface area contributed by atoms with Gasteiger partial charge in [0.1, 0.15) is 0 Å². The average molecular weight is 377 g/mol. The van der Waals surface area contributed by atoms with Crippen molar-refractivity contribution >= 4 is 26.0 Å². The van der Waals surface area contributed by atoms with Crippen molar-refractivity contribution in [3.8, 4) is 0 Å². The fourth-order valence-corrected chi connectivity index (χ4v) is 4.37. The Morgan fingerprint density at radius 1 is 1.29 bits per heavy atom. The molecule has 0 saturated heterocycles. The highest BCUT2D eigenvalue weighted by Crippen LogP contribution is 2.30. The molecule has 21 heavy (non-hydrogen) atoms. The lowest BCUT2D eigenvalue weighted by atomic mass is 10.0. The lowest BCUT2D eigenvalue weighted by molar-refractivity contribution is 0.257. The summed E-state index contributed by atoms with van der Waals surface area (Å²) in [6.45, 7) is 9.38. The molecule has 120 valence electrons. The Morgan fingerprint density at radius 2 is 1.90 bits per heavy atom. The lowest BCUT2D eigenvalue weighted by Gasteiger charge is -2.34. The maximum Gasteiger partial charge on any atom is 0.244 e. The topological polar surface area (TPSA) is 49.4 Å². The Kier molecular flexibility index (Phi) is 6.40. The van der Waals surface area contributed by atoms with Crippen LogP contribution in [0.1, 0.15) is 39.7 Å². The Morgan fingerprint density at radius 3 is 2.43 bits per heavy atom. The summed E-state index contributed by atoms with van der Waals surface area (Å²) in [4.78, 5) is 0.321. The van der Waals surface area contributed by atoms with Gasteiger partial charge in [-0.3, -0.25) is 0 Å². The van der Waals surface area contributed by atoms with E-state index in [2.05, 4.69) is 21.2 Å². The first-order valence-electron chi connectivity index (χ1n) is 7.15. The summed E-state index contributed by atoms with van der Waals surface area (Å²) in [6, 6.07) is 5.47. The van der Waals surface area contributed by atoms with Crippen LogP contribution >= 0.6 is 15.9 Å². The van der Waals surface area contributed by atoms with Crippen molar-refractivity contribution in [2.45, 2.75) is 51.1 Å². The zero-order valence-corrected chi connectivity index (χ0v) is 15.8. The van der Waals surface area contributed by atoms with Crippen molar-refractivity contribution in [2.24, 2.45) is 0 Å². The summed E-state index contributed by atoms with van der Waals surface area (Å²) in [6.07, 6.45) is 0.747. The molecule has 6 heteroatoms. The van der Waals surface area contributed by atoms with Gasteiger partial charge in [-0.1, -0.05) is 19.9 Å². The fraction of sp³-hybridized carbons (Fsp3) is 0.600. The second-order valence-electron chi connectivity index (χ2n) is 5.68. The minimum absolute atomic E-state index is 0.321. The number of nitrogens with zero attached hydrogens (tertiary/aromatic N) is 1. The number of halogens is 1. The maximum absolute atomic E-state index is 12.9. The minimum Gasteiger partial charge on any atom is -0.313 e. The summed E-state index contributed by atoms with van der Waals surface area (Å²) in [5.74, 6) is 0. The van der Waals surface area contributed by atoms with Gasteiger partial charge in [0.15, 0.2) is 0 Å². The molecule has 0 aliphatic rings. The van der Waals surface area contributed by atoms with E-state index in [9.17, 15) is 8.42 Å². The highest BCUT2D eigenvalue weighted by Gasteiger charge is 2.33. The van der Waals surface area contributed by atoms with E-state index in [0.29, 0.717) is 15.9 Å². The maximum atomic E-state index is 12.9. The summed E-state index contributed by atoms with van der Waals surface area (Å²) in [5.41, 5.74) is 0.539. The molecule has 0 radical (unpaired) electrons. The number of hydrogen-bond acceptors (Lipinski definition) is 3. The highest BCUT2D eigenvalue weighted by atomic mass is 79.9. The molecule has 0 aliphatic heterocycles. The quantitative estimate of drug-likeness (QED) is 0.793. The van der Waals surface area contributed by atoms with E-state index in [4.69, 9.17) is 0 Å². The van der Waals surface area contributed by atoms with E-state index < -0.39 is 15.6 Å². The van der Waals surface area contributed by atoms with Crippen LogP contribution in [0.3, 0.4) is 0 Å². The van der Waals surface area contributed by atoms with Gasteiger partial charge in [-0.2, -0.15) is 4.31 Å². The molecule has 0 fully saturated rings. The molecule has 0 aromatic heterocycles. The monoisotopic (exact) mass is 376 g/mol. The molecule has 1 rings (SSSR count). The third-order valence-electron chi connectivity index (χ3n) is 3.93. The molecular formula is C15H25BrN2O2S. The number of benzene rings is 1.